The minimum Gasteiger partial charge on any atom is -0.481 e. The van der Waals surface area contributed by atoms with Gasteiger partial charge in [-0.2, -0.15) is 0 Å². The summed E-state index contributed by atoms with van der Waals surface area (Å²) in [6.45, 7) is 1.86. The fourth-order valence-corrected chi connectivity index (χ4v) is 3.10. The third-order valence-corrected chi connectivity index (χ3v) is 4.58. The second kappa shape index (κ2) is 7.81. The Morgan fingerprint density at radius 1 is 1.38 bits per heavy atom. The van der Waals surface area contributed by atoms with Gasteiger partial charge < -0.3 is 5.11 Å². The summed E-state index contributed by atoms with van der Waals surface area (Å²) in [6, 6.07) is 5.91. The second-order valence-corrected chi connectivity index (χ2v) is 6.39. The van der Waals surface area contributed by atoms with Gasteiger partial charge in [0.25, 0.3) is 0 Å². The first-order valence-corrected chi connectivity index (χ1v) is 8.14. The molecule has 0 radical (unpaired) electrons. The Kier molecular flexibility index (Phi) is 6.40. The molecule has 0 saturated heterocycles. The van der Waals surface area contributed by atoms with Crippen LogP contribution in [0.25, 0.3) is 0 Å². The summed E-state index contributed by atoms with van der Waals surface area (Å²) in [6.07, 6.45) is 6.55. The molecular weight excluding hydrogens is 290 g/mol. The van der Waals surface area contributed by atoms with Gasteiger partial charge in [-0.05, 0) is 30.5 Å². The first-order valence-electron chi connectivity index (χ1n) is 6.65. The molecule has 0 aliphatic rings. The van der Waals surface area contributed by atoms with Crippen LogP contribution in [0.5, 0.6) is 0 Å². The first kappa shape index (κ1) is 17.2. The SMILES string of the molecule is C#CCC(CC)NS(=O)(=O)c1ccc(CCC(=O)O)cc1. The molecule has 0 fully saturated rings. The van der Waals surface area contributed by atoms with Crippen LogP contribution in [0.3, 0.4) is 0 Å². The average Bonchev–Trinajstić information content (AvgIpc) is 2.45. The van der Waals surface area contributed by atoms with Crippen LogP contribution in [0.2, 0.25) is 0 Å². The summed E-state index contributed by atoms with van der Waals surface area (Å²) >= 11 is 0. The summed E-state index contributed by atoms with van der Waals surface area (Å²) in [4.78, 5) is 10.6. The molecule has 0 aliphatic heterocycles. The van der Waals surface area contributed by atoms with E-state index >= 15 is 0 Å². The smallest absolute Gasteiger partial charge is 0.303 e. The molecular formula is C15H19NO4S. The summed E-state index contributed by atoms with van der Waals surface area (Å²) in [5, 5.41) is 8.61. The Bertz CT molecular complexity index is 614. The van der Waals surface area contributed by atoms with E-state index in [2.05, 4.69) is 10.6 Å². The number of nitrogens with one attached hydrogen (secondary N) is 1. The first-order chi connectivity index (χ1) is 9.89. The average molecular weight is 309 g/mol. The minimum atomic E-state index is -3.60. The minimum absolute atomic E-state index is 0.0183. The summed E-state index contributed by atoms with van der Waals surface area (Å²) < 4.78 is 26.9. The maximum absolute atomic E-state index is 12.2. The molecule has 2 N–H and O–H groups in total. The van der Waals surface area contributed by atoms with E-state index in [-0.39, 0.29) is 17.4 Å². The molecule has 1 aromatic carbocycles. The third-order valence-electron chi connectivity index (χ3n) is 3.04. The van der Waals surface area contributed by atoms with Crippen LogP contribution in [0.1, 0.15) is 31.7 Å². The van der Waals surface area contributed by atoms with Gasteiger partial charge in [0.15, 0.2) is 0 Å². The zero-order valence-corrected chi connectivity index (χ0v) is 12.7. The van der Waals surface area contributed by atoms with E-state index in [0.29, 0.717) is 19.3 Å². The Balaban J connectivity index is 2.80. The van der Waals surface area contributed by atoms with Crippen molar-refractivity contribution in [1.29, 1.82) is 0 Å². The van der Waals surface area contributed by atoms with Crippen molar-refractivity contribution in [3.05, 3.63) is 29.8 Å². The molecule has 0 heterocycles. The molecule has 114 valence electrons. The largest absolute Gasteiger partial charge is 0.481 e. The molecule has 1 unspecified atom stereocenters. The second-order valence-electron chi connectivity index (χ2n) is 4.67. The predicted molar refractivity (Wildman–Crippen MR) is 80.2 cm³/mol. The van der Waals surface area contributed by atoms with Gasteiger partial charge in [0.05, 0.1) is 4.90 Å². The highest BCUT2D eigenvalue weighted by molar-refractivity contribution is 7.89. The van der Waals surface area contributed by atoms with Gasteiger partial charge >= 0.3 is 5.97 Å². The molecule has 21 heavy (non-hydrogen) atoms. The lowest BCUT2D eigenvalue weighted by atomic mass is 10.1. The van der Waals surface area contributed by atoms with Crippen LogP contribution in [-0.4, -0.2) is 25.5 Å². The topological polar surface area (TPSA) is 83.5 Å². The number of terminal acetylenes is 1. The number of hydrogen-bond donors (Lipinski definition) is 2. The quantitative estimate of drug-likeness (QED) is 0.717. The summed E-state index contributed by atoms with van der Waals surface area (Å²) in [5.41, 5.74) is 0.784. The van der Waals surface area contributed by atoms with Gasteiger partial charge in [-0.25, -0.2) is 13.1 Å². The molecule has 1 aromatic rings. The van der Waals surface area contributed by atoms with Gasteiger partial charge in [-0.1, -0.05) is 19.1 Å². The van der Waals surface area contributed by atoms with Crippen LogP contribution in [-0.2, 0) is 21.2 Å². The van der Waals surface area contributed by atoms with E-state index in [0.717, 1.165) is 5.56 Å². The fraction of sp³-hybridized carbons (Fsp3) is 0.400. The number of carboxylic acids is 1. The Labute approximate surface area is 125 Å². The molecule has 0 aromatic heterocycles. The normalized spacial score (nSPS) is 12.6. The van der Waals surface area contributed by atoms with Crippen molar-refractivity contribution < 1.29 is 18.3 Å². The molecule has 0 spiro atoms. The molecule has 0 amide bonds. The number of carbonyl (C=O) groups is 1. The highest BCUT2D eigenvalue weighted by atomic mass is 32.2. The monoisotopic (exact) mass is 309 g/mol. The van der Waals surface area contributed by atoms with Crippen molar-refractivity contribution in [2.75, 3.05) is 0 Å². The Morgan fingerprint density at radius 3 is 2.48 bits per heavy atom. The van der Waals surface area contributed by atoms with Crippen molar-refractivity contribution >= 4 is 16.0 Å². The maximum atomic E-state index is 12.2. The van der Waals surface area contributed by atoms with E-state index in [9.17, 15) is 13.2 Å². The van der Waals surface area contributed by atoms with Crippen LogP contribution in [0.15, 0.2) is 29.2 Å². The lowest BCUT2D eigenvalue weighted by Gasteiger charge is -2.14. The van der Waals surface area contributed by atoms with E-state index < -0.39 is 16.0 Å². The number of carboxylic acid groups (broad SMARTS) is 1. The third kappa shape index (κ3) is 5.58. The Hall–Kier alpha value is -1.84. The Morgan fingerprint density at radius 2 is 2.00 bits per heavy atom. The van der Waals surface area contributed by atoms with Crippen molar-refractivity contribution in [3.8, 4) is 12.3 Å². The van der Waals surface area contributed by atoms with Crippen molar-refractivity contribution in [2.24, 2.45) is 0 Å². The lowest BCUT2D eigenvalue weighted by Crippen LogP contribution is -2.34. The number of aryl methyl sites for hydroxylation is 1. The number of rotatable bonds is 8. The van der Waals surface area contributed by atoms with E-state index in [1.165, 1.54) is 12.1 Å². The number of hydrogen-bond acceptors (Lipinski definition) is 3. The van der Waals surface area contributed by atoms with E-state index in [1.54, 1.807) is 12.1 Å². The van der Waals surface area contributed by atoms with Gasteiger partial charge in [-0.3, -0.25) is 4.79 Å². The molecule has 5 nitrogen and oxygen atoms in total. The maximum Gasteiger partial charge on any atom is 0.303 e. The molecule has 1 rings (SSSR count). The molecule has 0 saturated carbocycles. The van der Waals surface area contributed by atoms with Crippen molar-refractivity contribution in [3.63, 3.8) is 0 Å². The van der Waals surface area contributed by atoms with Gasteiger partial charge in [0.1, 0.15) is 0 Å². The molecule has 0 bridgehead atoms. The zero-order chi connectivity index (χ0) is 15.9. The standard InChI is InChI=1S/C15H19NO4S/c1-3-5-13(4-2)16-21(19,20)14-9-6-12(7-10-14)8-11-15(17)18/h1,6-7,9-10,13,16H,4-5,8,11H2,2H3,(H,17,18). The van der Waals surface area contributed by atoms with E-state index in [4.69, 9.17) is 11.5 Å². The summed E-state index contributed by atoms with van der Waals surface area (Å²) in [5.74, 6) is 1.57. The van der Waals surface area contributed by atoms with Crippen LogP contribution in [0.4, 0.5) is 0 Å². The highest BCUT2D eigenvalue weighted by Gasteiger charge is 2.18. The van der Waals surface area contributed by atoms with Gasteiger partial charge in [0.2, 0.25) is 10.0 Å². The number of benzene rings is 1. The predicted octanol–water partition coefficient (Wildman–Crippen LogP) is 1.78. The van der Waals surface area contributed by atoms with Crippen LogP contribution < -0.4 is 4.72 Å². The van der Waals surface area contributed by atoms with Gasteiger partial charge in [-0.15, -0.1) is 12.3 Å². The summed E-state index contributed by atoms with van der Waals surface area (Å²) in [7, 11) is -3.60. The van der Waals surface area contributed by atoms with E-state index in [1.807, 2.05) is 6.92 Å². The molecule has 1 atom stereocenters. The lowest BCUT2D eigenvalue weighted by molar-refractivity contribution is -0.136. The molecule has 0 aliphatic carbocycles. The van der Waals surface area contributed by atoms with Crippen molar-refractivity contribution in [2.45, 2.75) is 43.5 Å². The fourth-order valence-electron chi connectivity index (χ4n) is 1.79. The van der Waals surface area contributed by atoms with Gasteiger partial charge in [0, 0.05) is 18.9 Å². The molecule has 6 heteroatoms. The zero-order valence-electron chi connectivity index (χ0n) is 11.9. The number of sulfonamides is 1. The van der Waals surface area contributed by atoms with Crippen LogP contribution >= 0.6 is 0 Å². The van der Waals surface area contributed by atoms with Crippen molar-refractivity contribution in [1.82, 2.24) is 4.72 Å². The van der Waals surface area contributed by atoms with Crippen LogP contribution in [0, 0.1) is 12.3 Å². The highest BCUT2D eigenvalue weighted by Crippen LogP contribution is 2.13. The number of aliphatic carboxylic acids is 1.